The van der Waals surface area contributed by atoms with Crippen LogP contribution in [0.2, 0.25) is 0 Å². The van der Waals surface area contributed by atoms with Gasteiger partial charge in [0.05, 0.1) is 24.4 Å². The van der Waals surface area contributed by atoms with Gasteiger partial charge in [-0.3, -0.25) is 19.0 Å². The van der Waals surface area contributed by atoms with E-state index in [0.29, 0.717) is 29.9 Å². The number of nitrogens with one attached hydrogen (secondary N) is 1. The number of fused-ring (bicyclic) bond motifs is 1. The second-order valence-corrected chi connectivity index (χ2v) is 10.9. The molecule has 1 aliphatic rings. The third kappa shape index (κ3) is 5.16. The molecule has 1 N–H and O–H groups in total. The molecule has 1 aliphatic heterocycles. The molecular weight excluding hydrogens is 492 g/mol. The Labute approximate surface area is 226 Å². The summed E-state index contributed by atoms with van der Waals surface area (Å²) in [6.07, 6.45) is 3.40. The van der Waals surface area contributed by atoms with E-state index >= 15 is 0 Å². The minimum atomic E-state index is -0.603. The molecule has 2 aromatic heterocycles. The summed E-state index contributed by atoms with van der Waals surface area (Å²) >= 11 is 0. The minimum Gasteiger partial charge on any atom is -0.297 e. The first-order valence-corrected chi connectivity index (χ1v) is 13.2. The number of amides is 1. The minimum absolute atomic E-state index is 0.0606. The molecule has 2 aromatic carbocycles. The molecule has 9 heteroatoms. The number of rotatable bonds is 8. The summed E-state index contributed by atoms with van der Waals surface area (Å²) in [6, 6.07) is 16.0. The lowest BCUT2D eigenvalue weighted by molar-refractivity contribution is -0.126. The van der Waals surface area contributed by atoms with Crippen molar-refractivity contribution in [3.8, 4) is 11.1 Å². The van der Waals surface area contributed by atoms with Crippen molar-refractivity contribution in [3.05, 3.63) is 87.6 Å². The monoisotopic (exact) mass is 524 g/mol. The van der Waals surface area contributed by atoms with E-state index in [-0.39, 0.29) is 30.2 Å². The summed E-state index contributed by atoms with van der Waals surface area (Å²) in [5.41, 5.74) is 7.46. The van der Waals surface area contributed by atoms with E-state index < -0.39 is 5.41 Å². The van der Waals surface area contributed by atoms with Gasteiger partial charge in [0.1, 0.15) is 6.33 Å². The summed E-state index contributed by atoms with van der Waals surface area (Å²) < 4.78 is 3.14. The number of nitrogens with zero attached hydrogens (tertiary/aromatic N) is 5. The van der Waals surface area contributed by atoms with Gasteiger partial charge in [0.2, 0.25) is 11.7 Å². The Kier molecular flexibility index (Phi) is 6.99. The average molecular weight is 525 g/mol. The Morgan fingerprint density at radius 1 is 1.05 bits per heavy atom. The van der Waals surface area contributed by atoms with Crippen LogP contribution in [0.1, 0.15) is 62.9 Å². The lowest BCUT2D eigenvalue weighted by Gasteiger charge is -2.20. The lowest BCUT2D eigenvalue weighted by Crippen LogP contribution is -2.35. The van der Waals surface area contributed by atoms with Gasteiger partial charge in [-0.25, -0.2) is 9.94 Å². The van der Waals surface area contributed by atoms with E-state index in [2.05, 4.69) is 27.5 Å². The molecule has 0 radical (unpaired) electrons. The topological polar surface area (TPSA) is 111 Å². The maximum Gasteiger partial charge on any atom is 0.259 e. The number of hydrogen-bond donors (Lipinski definition) is 1. The maximum absolute atomic E-state index is 14.0. The molecule has 0 atom stereocenters. The Bertz CT molecular complexity index is 1660. The van der Waals surface area contributed by atoms with Crippen molar-refractivity contribution in [1.82, 2.24) is 24.6 Å². The van der Waals surface area contributed by atoms with Crippen molar-refractivity contribution in [2.24, 2.45) is 10.5 Å². The molecule has 200 valence electrons. The lowest BCUT2D eigenvalue weighted by atomic mass is 9.90. The highest BCUT2D eigenvalue weighted by Gasteiger charge is 2.26. The SMILES string of the molecule is CCCc1c(Cc2ccc(-c3ccccc3)c(C3=NNC(=O)C3)c2)c(=O)n(CC(=O)C(C)(C)C)c2ncnn12. The standard InChI is InChI=1S/C30H32N6O3/c1-5-9-25-23(28(39)35(17-26(37)30(2,3)4)29-31-18-32-36(25)29)15-19-12-13-21(20-10-7-6-8-11-20)22(14-19)24-16-27(38)34-33-24/h6-8,10-14,18H,5,9,15-17H2,1-4H3,(H,34,38). The quantitative estimate of drug-likeness (QED) is 0.375. The van der Waals surface area contributed by atoms with Gasteiger partial charge >= 0.3 is 0 Å². The van der Waals surface area contributed by atoms with Crippen LogP contribution < -0.4 is 11.0 Å². The molecule has 5 rings (SSSR count). The normalized spacial score (nSPS) is 13.5. The molecule has 0 saturated heterocycles. The van der Waals surface area contributed by atoms with Crippen molar-refractivity contribution >= 4 is 23.2 Å². The first-order valence-electron chi connectivity index (χ1n) is 13.2. The fraction of sp³-hybridized carbons (Fsp3) is 0.333. The molecule has 1 amide bonds. The van der Waals surface area contributed by atoms with Crippen LogP contribution in [0.4, 0.5) is 0 Å². The predicted octanol–water partition coefficient (Wildman–Crippen LogP) is 3.94. The van der Waals surface area contributed by atoms with Crippen molar-refractivity contribution < 1.29 is 9.59 Å². The van der Waals surface area contributed by atoms with Gasteiger partial charge in [0.15, 0.2) is 5.78 Å². The molecular formula is C30H32N6O3. The zero-order valence-corrected chi connectivity index (χ0v) is 22.7. The Hall–Kier alpha value is -4.40. The summed E-state index contributed by atoms with van der Waals surface area (Å²) in [5.74, 6) is 0.159. The van der Waals surface area contributed by atoms with Crippen molar-refractivity contribution in [3.63, 3.8) is 0 Å². The summed E-state index contributed by atoms with van der Waals surface area (Å²) in [6.45, 7) is 7.50. The Balaban J connectivity index is 1.64. The molecule has 39 heavy (non-hydrogen) atoms. The van der Waals surface area contributed by atoms with Crippen LogP contribution in [0.25, 0.3) is 16.9 Å². The number of benzene rings is 2. The number of hydrogen-bond acceptors (Lipinski definition) is 6. The summed E-state index contributed by atoms with van der Waals surface area (Å²) in [5, 5.41) is 8.70. The molecule has 0 fully saturated rings. The van der Waals surface area contributed by atoms with Crippen LogP contribution in [-0.4, -0.2) is 36.6 Å². The maximum atomic E-state index is 14.0. The van der Waals surface area contributed by atoms with Crippen molar-refractivity contribution in [1.29, 1.82) is 0 Å². The molecule has 3 heterocycles. The number of aryl methyl sites for hydroxylation is 1. The average Bonchev–Trinajstić information content (AvgIpc) is 3.57. The second kappa shape index (κ2) is 10.4. The fourth-order valence-corrected chi connectivity index (χ4v) is 4.84. The number of carbonyl (C=O) groups excluding carboxylic acids is 2. The zero-order chi connectivity index (χ0) is 27.7. The van der Waals surface area contributed by atoms with Crippen LogP contribution in [0.5, 0.6) is 0 Å². The molecule has 4 aromatic rings. The number of ketones is 1. The smallest absolute Gasteiger partial charge is 0.259 e. The highest BCUT2D eigenvalue weighted by Crippen LogP contribution is 2.28. The van der Waals surface area contributed by atoms with Crippen LogP contribution in [0, 0.1) is 5.41 Å². The first-order chi connectivity index (χ1) is 18.7. The van der Waals surface area contributed by atoms with Crippen LogP contribution >= 0.6 is 0 Å². The van der Waals surface area contributed by atoms with Gasteiger partial charge in [-0.2, -0.15) is 15.2 Å². The summed E-state index contributed by atoms with van der Waals surface area (Å²) in [7, 11) is 0. The van der Waals surface area contributed by atoms with Gasteiger partial charge < -0.3 is 0 Å². The van der Waals surface area contributed by atoms with E-state index in [1.165, 1.54) is 10.9 Å². The zero-order valence-electron chi connectivity index (χ0n) is 22.7. The number of carbonyl (C=O) groups is 2. The molecule has 9 nitrogen and oxygen atoms in total. The number of Topliss-reactive ketones (excluding diaryl/α,β-unsaturated/α-hetero) is 1. The molecule has 0 spiro atoms. The van der Waals surface area contributed by atoms with Gasteiger partial charge in [-0.1, -0.05) is 76.6 Å². The van der Waals surface area contributed by atoms with Crippen LogP contribution in [-0.2, 0) is 29.0 Å². The van der Waals surface area contributed by atoms with Gasteiger partial charge in [-0.15, -0.1) is 0 Å². The van der Waals surface area contributed by atoms with E-state index in [1.54, 1.807) is 4.52 Å². The number of hydrazone groups is 1. The van der Waals surface area contributed by atoms with Crippen molar-refractivity contribution in [2.45, 2.75) is 59.9 Å². The van der Waals surface area contributed by atoms with E-state index in [1.807, 2.05) is 69.3 Å². The third-order valence-electron chi connectivity index (χ3n) is 7.01. The fourth-order valence-electron chi connectivity index (χ4n) is 4.84. The molecule has 0 aliphatic carbocycles. The van der Waals surface area contributed by atoms with Crippen LogP contribution in [0.3, 0.4) is 0 Å². The molecule has 0 saturated carbocycles. The Morgan fingerprint density at radius 2 is 1.82 bits per heavy atom. The van der Waals surface area contributed by atoms with Gasteiger partial charge in [0, 0.05) is 23.0 Å². The third-order valence-corrected chi connectivity index (χ3v) is 7.01. The summed E-state index contributed by atoms with van der Waals surface area (Å²) in [4.78, 5) is 43.3. The first kappa shape index (κ1) is 26.2. The highest BCUT2D eigenvalue weighted by molar-refractivity contribution is 6.16. The Morgan fingerprint density at radius 3 is 2.49 bits per heavy atom. The van der Waals surface area contributed by atoms with Gasteiger partial charge in [0.25, 0.3) is 5.56 Å². The van der Waals surface area contributed by atoms with E-state index in [0.717, 1.165) is 34.4 Å². The van der Waals surface area contributed by atoms with Crippen LogP contribution in [0.15, 0.2) is 64.8 Å². The number of aromatic nitrogens is 4. The molecule has 0 bridgehead atoms. The van der Waals surface area contributed by atoms with E-state index in [9.17, 15) is 14.4 Å². The second-order valence-electron chi connectivity index (χ2n) is 10.9. The highest BCUT2D eigenvalue weighted by atomic mass is 16.2. The van der Waals surface area contributed by atoms with Gasteiger partial charge in [-0.05, 0) is 29.2 Å². The van der Waals surface area contributed by atoms with Crippen molar-refractivity contribution in [2.75, 3.05) is 0 Å². The largest absolute Gasteiger partial charge is 0.297 e. The molecule has 0 unspecified atom stereocenters. The predicted molar refractivity (Wildman–Crippen MR) is 150 cm³/mol. The van der Waals surface area contributed by atoms with E-state index in [4.69, 9.17) is 0 Å².